The SMILES string of the molecule is CC(=O)OC[C@H]1O[C@@H](n2cc(COC(=O)C3=C(C)NC(=O)NC3c3ccc(F)cc3)nn2)[C@H](OC(C)=O)[C@@H](OC(C)=O)[C@@H]1OC(C)=O. The summed E-state index contributed by atoms with van der Waals surface area (Å²) in [5, 5.41) is 13.1. The molecule has 0 bridgehead atoms. The number of nitrogens with one attached hydrogen (secondary N) is 2. The third kappa shape index (κ3) is 8.66. The van der Waals surface area contributed by atoms with E-state index in [9.17, 15) is 33.2 Å². The molecule has 1 aromatic carbocycles. The standard InChI is InChI=1S/C29H32FN5O12/c1-13-22(23(32-29(41)31-13)18-6-8-19(30)9-7-18)28(40)43-11-20-10-35(34-33-20)27-26(46-17(5)39)25(45-16(4)38)24(44-15(3)37)21(47-27)12-42-14(2)36/h6-10,21,23-27H,11-12H2,1-5H3,(H2,31,32,41)/t21-,23?,24-,25+,26-,27-/m1/s1. The second-order valence-corrected chi connectivity index (χ2v) is 10.5. The van der Waals surface area contributed by atoms with Gasteiger partial charge in [0.25, 0.3) is 0 Å². The quantitative estimate of drug-likeness (QED) is 0.269. The molecule has 0 saturated carbocycles. The Kier molecular flexibility index (Phi) is 10.9. The van der Waals surface area contributed by atoms with Gasteiger partial charge >= 0.3 is 35.9 Å². The predicted molar refractivity (Wildman–Crippen MR) is 151 cm³/mol. The number of esters is 5. The number of hydrogen-bond acceptors (Lipinski definition) is 14. The van der Waals surface area contributed by atoms with Crippen molar-refractivity contribution < 1.29 is 61.6 Å². The molecule has 0 spiro atoms. The van der Waals surface area contributed by atoms with Gasteiger partial charge in [0.05, 0.1) is 17.8 Å². The zero-order valence-corrected chi connectivity index (χ0v) is 25.9. The summed E-state index contributed by atoms with van der Waals surface area (Å²) in [7, 11) is 0. The smallest absolute Gasteiger partial charge is 0.338 e. The Morgan fingerprint density at radius 3 is 2.13 bits per heavy atom. The maximum absolute atomic E-state index is 13.5. The molecule has 4 rings (SSSR count). The van der Waals surface area contributed by atoms with Crippen LogP contribution in [0.2, 0.25) is 0 Å². The minimum atomic E-state index is -1.44. The lowest BCUT2D eigenvalue weighted by molar-refractivity contribution is -0.270. The number of allylic oxidation sites excluding steroid dienone is 1. The molecule has 3 heterocycles. The summed E-state index contributed by atoms with van der Waals surface area (Å²) < 4.78 is 47.4. The van der Waals surface area contributed by atoms with Crippen molar-refractivity contribution in [2.45, 2.75) is 77.9 Å². The first-order valence-corrected chi connectivity index (χ1v) is 14.2. The molecule has 17 nitrogen and oxygen atoms in total. The summed E-state index contributed by atoms with van der Waals surface area (Å²) in [6, 6.07) is 3.71. The molecule has 1 unspecified atom stereocenters. The van der Waals surface area contributed by atoms with Crippen molar-refractivity contribution in [2.24, 2.45) is 0 Å². The fourth-order valence-corrected chi connectivity index (χ4v) is 5.01. The molecular weight excluding hydrogens is 629 g/mol. The van der Waals surface area contributed by atoms with Gasteiger partial charge in [-0.3, -0.25) is 19.2 Å². The molecule has 2 N–H and O–H groups in total. The highest BCUT2D eigenvalue weighted by Crippen LogP contribution is 2.34. The summed E-state index contributed by atoms with van der Waals surface area (Å²) in [5.74, 6) is -4.40. The van der Waals surface area contributed by atoms with Gasteiger partial charge in [-0.25, -0.2) is 18.7 Å². The van der Waals surface area contributed by atoms with Gasteiger partial charge in [-0.2, -0.15) is 0 Å². The highest BCUT2D eigenvalue weighted by atomic mass is 19.1. The molecular formula is C29H32FN5O12. The third-order valence-corrected chi connectivity index (χ3v) is 6.83. The van der Waals surface area contributed by atoms with Crippen LogP contribution in [0.1, 0.15) is 58.1 Å². The van der Waals surface area contributed by atoms with Crippen LogP contribution in [-0.2, 0) is 59.0 Å². The monoisotopic (exact) mass is 661 g/mol. The van der Waals surface area contributed by atoms with Crippen LogP contribution in [-0.4, -0.2) is 81.9 Å². The molecule has 2 aromatic rings. The molecule has 0 aliphatic carbocycles. The number of amides is 2. The van der Waals surface area contributed by atoms with E-state index in [2.05, 4.69) is 20.9 Å². The van der Waals surface area contributed by atoms with E-state index in [0.29, 0.717) is 5.56 Å². The highest BCUT2D eigenvalue weighted by molar-refractivity contribution is 5.95. The van der Waals surface area contributed by atoms with Gasteiger partial charge in [-0.15, -0.1) is 5.10 Å². The highest BCUT2D eigenvalue weighted by Gasteiger charge is 2.53. The van der Waals surface area contributed by atoms with Crippen molar-refractivity contribution in [3.8, 4) is 0 Å². The molecule has 2 amide bonds. The van der Waals surface area contributed by atoms with E-state index in [4.69, 9.17) is 28.4 Å². The second kappa shape index (κ2) is 14.8. The van der Waals surface area contributed by atoms with Gasteiger partial charge in [-0.05, 0) is 24.6 Å². The van der Waals surface area contributed by atoms with Crippen LogP contribution in [0.5, 0.6) is 0 Å². The summed E-state index contributed by atoms with van der Waals surface area (Å²) in [6.45, 7) is 5.07. The van der Waals surface area contributed by atoms with Gasteiger partial charge in [0.2, 0.25) is 0 Å². The van der Waals surface area contributed by atoms with Crippen molar-refractivity contribution in [3.63, 3.8) is 0 Å². The maximum atomic E-state index is 13.5. The average Bonchev–Trinajstić information content (AvgIpc) is 3.45. The zero-order valence-electron chi connectivity index (χ0n) is 25.9. The number of aromatic nitrogens is 3. The third-order valence-electron chi connectivity index (χ3n) is 6.83. The largest absolute Gasteiger partial charge is 0.463 e. The summed E-state index contributed by atoms with van der Waals surface area (Å²) in [6.07, 6.45) is -5.52. The fourth-order valence-electron chi connectivity index (χ4n) is 5.01. The molecule has 1 fully saturated rings. The lowest BCUT2D eigenvalue weighted by Crippen LogP contribution is -2.60. The number of urea groups is 1. The zero-order chi connectivity index (χ0) is 34.4. The molecule has 2 aliphatic heterocycles. The van der Waals surface area contributed by atoms with E-state index in [0.717, 1.165) is 32.4 Å². The van der Waals surface area contributed by atoms with Crippen LogP contribution in [0.15, 0.2) is 41.7 Å². The van der Waals surface area contributed by atoms with Gasteiger partial charge in [-0.1, -0.05) is 17.3 Å². The first-order valence-electron chi connectivity index (χ1n) is 14.2. The number of benzene rings is 1. The molecule has 6 atom stereocenters. The van der Waals surface area contributed by atoms with Gasteiger partial charge < -0.3 is 39.1 Å². The lowest BCUT2D eigenvalue weighted by Gasteiger charge is -2.44. The number of rotatable bonds is 10. The van der Waals surface area contributed by atoms with Gasteiger partial charge in [0.1, 0.15) is 30.8 Å². The first-order chi connectivity index (χ1) is 22.2. The Bertz CT molecular complexity index is 1580. The maximum Gasteiger partial charge on any atom is 0.338 e. The fraction of sp³-hybridized carbons (Fsp3) is 0.448. The summed E-state index contributed by atoms with van der Waals surface area (Å²) in [4.78, 5) is 73.1. The first kappa shape index (κ1) is 34.5. The van der Waals surface area contributed by atoms with Crippen LogP contribution in [0, 0.1) is 5.82 Å². The van der Waals surface area contributed by atoms with Crippen LogP contribution in [0.3, 0.4) is 0 Å². The molecule has 2 aliphatic rings. The van der Waals surface area contributed by atoms with E-state index < -0.39 is 91.6 Å². The minimum Gasteiger partial charge on any atom is -0.463 e. The number of hydrogen-bond donors (Lipinski definition) is 2. The summed E-state index contributed by atoms with van der Waals surface area (Å²) >= 11 is 0. The number of ether oxygens (including phenoxy) is 6. The Morgan fingerprint density at radius 1 is 0.894 bits per heavy atom. The van der Waals surface area contributed by atoms with Crippen LogP contribution in [0.4, 0.5) is 9.18 Å². The number of halogens is 1. The Labute approximate surface area is 266 Å². The van der Waals surface area contributed by atoms with E-state index in [-0.39, 0.29) is 17.0 Å². The molecule has 1 aromatic heterocycles. The summed E-state index contributed by atoms with van der Waals surface area (Å²) in [5.41, 5.74) is 0.801. The van der Waals surface area contributed by atoms with E-state index in [1.54, 1.807) is 0 Å². The Balaban J connectivity index is 1.59. The lowest BCUT2D eigenvalue weighted by atomic mass is 9.95. The average molecular weight is 662 g/mol. The van der Waals surface area contributed by atoms with Crippen molar-refractivity contribution in [1.29, 1.82) is 0 Å². The molecule has 252 valence electrons. The van der Waals surface area contributed by atoms with E-state index in [1.165, 1.54) is 37.4 Å². The Morgan fingerprint density at radius 2 is 1.51 bits per heavy atom. The van der Waals surface area contributed by atoms with Gasteiger partial charge in [0, 0.05) is 33.4 Å². The topological polar surface area (TPSA) is 213 Å². The van der Waals surface area contributed by atoms with Crippen molar-refractivity contribution in [1.82, 2.24) is 25.6 Å². The van der Waals surface area contributed by atoms with Crippen molar-refractivity contribution in [3.05, 3.63) is 58.8 Å². The minimum absolute atomic E-state index is 0.0585. The normalized spacial score (nSPS) is 23.9. The molecule has 18 heteroatoms. The van der Waals surface area contributed by atoms with Crippen molar-refractivity contribution in [2.75, 3.05) is 6.61 Å². The van der Waals surface area contributed by atoms with Crippen molar-refractivity contribution >= 4 is 35.9 Å². The molecule has 47 heavy (non-hydrogen) atoms. The second-order valence-electron chi connectivity index (χ2n) is 10.5. The van der Waals surface area contributed by atoms with Crippen LogP contribution >= 0.6 is 0 Å². The molecule has 1 saturated heterocycles. The molecule has 0 radical (unpaired) electrons. The number of carbonyl (C=O) groups is 6. The number of nitrogens with zero attached hydrogens (tertiary/aromatic N) is 3. The van der Waals surface area contributed by atoms with Gasteiger partial charge in [0.15, 0.2) is 24.5 Å². The Hall–Kier alpha value is -5.39. The predicted octanol–water partition coefficient (Wildman–Crippen LogP) is 1.04. The number of carbonyl (C=O) groups excluding carboxylic acids is 6. The van der Waals surface area contributed by atoms with Crippen LogP contribution < -0.4 is 10.6 Å². The van der Waals surface area contributed by atoms with E-state index >= 15 is 0 Å². The van der Waals surface area contributed by atoms with Crippen LogP contribution in [0.25, 0.3) is 0 Å². The van der Waals surface area contributed by atoms with E-state index in [1.807, 2.05) is 0 Å².